The van der Waals surface area contributed by atoms with Crippen LogP contribution in [0.4, 0.5) is 0 Å². The molecule has 0 N–H and O–H groups in total. The minimum absolute atomic E-state index is 0.237. The van der Waals surface area contributed by atoms with Gasteiger partial charge in [-0.25, -0.2) is 4.79 Å². The Labute approximate surface area is 141 Å². The normalized spacial score (nSPS) is 14.9. The molecule has 0 fully saturated rings. The molecule has 2 aromatic rings. The first-order valence-electron chi connectivity index (χ1n) is 8.47. The highest BCUT2D eigenvalue weighted by atomic mass is 16.5. The number of methoxy groups -OCH3 is 1. The summed E-state index contributed by atoms with van der Waals surface area (Å²) >= 11 is 0. The van der Waals surface area contributed by atoms with E-state index in [1.54, 1.807) is 7.11 Å². The van der Waals surface area contributed by atoms with Crippen LogP contribution in [0, 0.1) is 0 Å². The van der Waals surface area contributed by atoms with E-state index in [0.717, 1.165) is 59.8 Å². The molecule has 1 aromatic heterocycles. The third-order valence-electron chi connectivity index (χ3n) is 4.81. The molecule has 0 bridgehead atoms. The molecule has 3 heterocycles. The van der Waals surface area contributed by atoms with E-state index in [2.05, 4.69) is 4.57 Å². The van der Waals surface area contributed by atoms with Crippen LogP contribution in [0.3, 0.4) is 0 Å². The minimum atomic E-state index is -0.237. The maximum absolute atomic E-state index is 12.6. The van der Waals surface area contributed by atoms with Gasteiger partial charge < -0.3 is 18.8 Å². The molecule has 1 aromatic carbocycles. The van der Waals surface area contributed by atoms with Gasteiger partial charge in [0, 0.05) is 23.4 Å². The predicted molar refractivity (Wildman–Crippen MR) is 89.6 cm³/mol. The Bertz CT molecular complexity index is 806. The average Bonchev–Trinajstić information content (AvgIpc) is 2.96. The summed E-state index contributed by atoms with van der Waals surface area (Å²) in [6.07, 6.45) is 3.12. The molecule has 5 heteroatoms. The van der Waals surface area contributed by atoms with Crippen molar-refractivity contribution in [1.82, 2.24) is 4.57 Å². The number of fused-ring (bicyclic) bond motifs is 5. The number of hydrogen-bond acceptors (Lipinski definition) is 4. The third-order valence-corrected chi connectivity index (χ3v) is 4.81. The van der Waals surface area contributed by atoms with Gasteiger partial charge in [0.1, 0.15) is 18.1 Å². The molecule has 0 spiro atoms. The van der Waals surface area contributed by atoms with E-state index < -0.39 is 0 Å². The summed E-state index contributed by atoms with van der Waals surface area (Å²) < 4.78 is 18.9. The monoisotopic (exact) mass is 327 g/mol. The summed E-state index contributed by atoms with van der Waals surface area (Å²) in [7, 11) is 1.66. The van der Waals surface area contributed by atoms with Gasteiger partial charge in [-0.3, -0.25) is 0 Å². The molecule has 0 atom stereocenters. The van der Waals surface area contributed by atoms with Crippen molar-refractivity contribution in [1.29, 1.82) is 0 Å². The number of carbonyl (C=O) groups is 1. The molecule has 24 heavy (non-hydrogen) atoms. The Morgan fingerprint density at radius 2 is 2.21 bits per heavy atom. The van der Waals surface area contributed by atoms with Crippen molar-refractivity contribution in [2.24, 2.45) is 0 Å². The van der Waals surface area contributed by atoms with E-state index in [1.165, 1.54) is 0 Å². The van der Waals surface area contributed by atoms with Crippen LogP contribution in [-0.2, 0) is 24.3 Å². The van der Waals surface area contributed by atoms with Gasteiger partial charge in [0.25, 0.3) is 0 Å². The fraction of sp³-hybridized carbons (Fsp3) is 0.421. The van der Waals surface area contributed by atoms with Crippen molar-refractivity contribution in [3.63, 3.8) is 0 Å². The maximum atomic E-state index is 12.6. The van der Waals surface area contributed by atoms with Crippen molar-refractivity contribution in [2.75, 3.05) is 13.7 Å². The quantitative estimate of drug-likeness (QED) is 0.809. The van der Waals surface area contributed by atoms with Gasteiger partial charge in [-0.05, 0) is 44.4 Å². The minimum Gasteiger partial charge on any atom is -0.497 e. The summed E-state index contributed by atoms with van der Waals surface area (Å²) in [6.45, 7) is 3.55. The molecule has 0 unspecified atom stereocenters. The number of benzene rings is 1. The van der Waals surface area contributed by atoms with Crippen LogP contribution in [0.15, 0.2) is 18.2 Å². The first kappa shape index (κ1) is 15.1. The SMILES string of the molecule is CCOC(=O)c1c2c(n3c1CCCC3)-c1cc(OC)ccc1OC2. The van der Waals surface area contributed by atoms with E-state index in [4.69, 9.17) is 14.2 Å². The number of ether oxygens (including phenoxy) is 3. The van der Waals surface area contributed by atoms with Crippen LogP contribution in [0.1, 0.15) is 41.4 Å². The first-order chi connectivity index (χ1) is 11.7. The zero-order valence-corrected chi connectivity index (χ0v) is 14.1. The molecular weight excluding hydrogens is 306 g/mol. The van der Waals surface area contributed by atoms with Crippen molar-refractivity contribution < 1.29 is 19.0 Å². The molecule has 2 aliphatic heterocycles. The molecule has 5 nitrogen and oxygen atoms in total. The number of rotatable bonds is 3. The topological polar surface area (TPSA) is 49.7 Å². The molecule has 2 aliphatic rings. The predicted octanol–water partition coefficient (Wildman–Crippen LogP) is 3.57. The van der Waals surface area contributed by atoms with Gasteiger partial charge in [-0.2, -0.15) is 0 Å². The Hall–Kier alpha value is -2.43. The van der Waals surface area contributed by atoms with Crippen molar-refractivity contribution >= 4 is 5.97 Å². The lowest BCUT2D eigenvalue weighted by molar-refractivity contribution is 0.0521. The van der Waals surface area contributed by atoms with Crippen LogP contribution < -0.4 is 9.47 Å². The molecule has 0 saturated heterocycles. The highest BCUT2D eigenvalue weighted by Crippen LogP contribution is 2.44. The highest BCUT2D eigenvalue weighted by Gasteiger charge is 2.33. The Balaban J connectivity index is 1.95. The van der Waals surface area contributed by atoms with Gasteiger partial charge in [0.15, 0.2) is 0 Å². The standard InChI is InChI=1S/C19H21NO4/c1-3-23-19(21)17-14-11-24-16-8-7-12(22-2)10-13(16)18(14)20-9-5-4-6-15(17)20/h7-8,10H,3-6,9,11H2,1-2H3. The first-order valence-corrected chi connectivity index (χ1v) is 8.47. The summed E-state index contributed by atoms with van der Waals surface area (Å²) in [5.74, 6) is 1.39. The fourth-order valence-electron chi connectivity index (χ4n) is 3.78. The van der Waals surface area contributed by atoms with Crippen molar-refractivity contribution in [3.8, 4) is 22.8 Å². The average molecular weight is 327 g/mol. The second kappa shape index (κ2) is 5.89. The maximum Gasteiger partial charge on any atom is 0.340 e. The number of hydrogen-bond donors (Lipinski definition) is 0. The lowest BCUT2D eigenvalue weighted by Gasteiger charge is -2.23. The lowest BCUT2D eigenvalue weighted by Crippen LogP contribution is -2.14. The molecule has 126 valence electrons. The number of aromatic nitrogens is 1. The number of carbonyl (C=O) groups excluding carboxylic acids is 1. The Morgan fingerprint density at radius 3 is 3.00 bits per heavy atom. The molecule has 0 radical (unpaired) electrons. The van der Waals surface area contributed by atoms with Crippen LogP contribution in [0.2, 0.25) is 0 Å². The lowest BCUT2D eigenvalue weighted by atomic mass is 10.0. The zero-order chi connectivity index (χ0) is 16.7. The second-order valence-corrected chi connectivity index (χ2v) is 6.13. The summed E-state index contributed by atoms with van der Waals surface area (Å²) in [4.78, 5) is 12.6. The number of nitrogens with zero attached hydrogens (tertiary/aromatic N) is 1. The molecular formula is C19H21NO4. The van der Waals surface area contributed by atoms with E-state index in [0.29, 0.717) is 18.8 Å². The van der Waals surface area contributed by atoms with Crippen LogP contribution >= 0.6 is 0 Å². The van der Waals surface area contributed by atoms with Gasteiger partial charge in [0.05, 0.1) is 25.0 Å². The van der Waals surface area contributed by atoms with Gasteiger partial charge in [-0.1, -0.05) is 0 Å². The summed E-state index contributed by atoms with van der Waals surface area (Å²) in [6, 6.07) is 5.82. The van der Waals surface area contributed by atoms with Crippen LogP contribution in [0.5, 0.6) is 11.5 Å². The van der Waals surface area contributed by atoms with Gasteiger partial charge >= 0.3 is 5.97 Å². The Morgan fingerprint density at radius 1 is 1.33 bits per heavy atom. The third kappa shape index (κ3) is 2.19. The fourth-order valence-corrected chi connectivity index (χ4v) is 3.78. The van der Waals surface area contributed by atoms with E-state index in [9.17, 15) is 4.79 Å². The molecule has 0 aliphatic carbocycles. The van der Waals surface area contributed by atoms with Gasteiger partial charge in [-0.15, -0.1) is 0 Å². The van der Waals surface area contributed by atoms with Crippen molar-refractivity contribution in [2.45, 2.75) is 39.3 Å². The largest absolute Gasteiger partial charge is 0.497 e. The van der Waals surface area contributed by atoms with Gasteiger partial charge in [0.2, 0.25) is 0 Å². The van der Waals surface area contributed by atoms with Crippen LogP contribution in [0.25, 0.3) is 11.3 Å². The molecule has 0 saturated carbocycles. The summed E-state index contributed by atoms with van der Waals surface area (Å²) in [5, 5.41) is 0. The second-order valence-electron chi connectivity index (χ2n) is 6.13. The van der Waals surface area contributed by atoms with E-state index >= 15 is 0 Å². The highest BCUT2D eigenvalue weighted by molar-refractivity contribution is 5.96. The van der Waals surface area contributed by atoms with E-state index in [-0.39, 0.29) is 5.97 Å². The smallest absolute Gasteiger partial charge is 0.340 e. The van der Waals surface area contributed by atoms with Crippen LogP contribution in [-0.4, -0.2) is 24.3 Å². The molecule has 0 amide bonds. The number of esters is 1. The zero-order valence-electron chi connectivity index (χ0n) is 14.1. The summed E-state index contributed by atoms with van der Waals surface area (Å²) in [5.41, 5.74) is 4.83. The van der Waals surface area contributed by atoms with Crippen molar-refractivity contribution in [3.05, 3.63) is 35.0 Å². The van der Waals surface area contributed by atoms with E-state index in [1.807, 2.05) is 25.1 Å². The Kier molecular flexibility index (Phi) is 3.71. The molecule has 4 rings (SSSR count).